The smallest absolute Gasteiger partial charge is 0.331 e. The molecular formula is C40H50O7. The van der Waals surface area contributed by atoms with E-state index < -0.39 is 0 Å². The lowest BCUT2D eigenvalue weighted by Crippen LogP contribution is -2.28. The zero-order valence-electron chi connectivity index (χ0n) is 28.2. The summed E-state index contributed by atoms with van der Waals surface area (Å²) in [6.45, 7) is 4.78. The van der Waals surface area contributed by atoms with Crippen molar-refractivity contribution in [3.05, 3.63) is 120 Å². The van der Waals surface area contributed by atoms with Crippen molar-refractivity contribution in [2.24, 2.45) is 5.92 Å². The van der Waals surface area contributed by atoms with E-state index in [1.54, 1.807) is 32.4 Å². The fourth-order valence-electron chi connectivity index (χ4n) is 5.03. The molecule has 0 unspecified atom stereocenters. The van der Waals surface area contributed by atoms with E-state index in [9.17, 15) is 9.59 Å². The van der Waals surface area contributed by atoms with Crippen LogP contribution in [0.4, 0.5) is 0 Å². The van der Waals surface area contributed by atoms with Crippen molar-refractivity contribution < 1.29 is 33.3 Å². The van der Waals surface area contributed by atoms with Crippen LogP contribution >= 0.6 is 0 Å². The molecule has 0 aromatic heterocycles. The van der Waals surface area contributed by atoms with Gasteiger partial charge in [0.15, 0.2) is 5.78 Å². The molecule has 252 valence electrons. The maximum Gasteiger partial charge on any atom is 0.331 e. The lowest BCUT2D eigenvalue weighted by molar-refractivity contribution is -0.143. The maximum absolute atomic E-state index is 13.3. The van der Waals surface area contributed by atoms with Crippen LogP contribution in [0.25, 0.3) is 0 Å². The minimum atomic E-state index is -0.368. The predicted octanol–water partition coefficient (Wildman–Crippen LogP) is 8.45. The molecular weight excluding hydrogens is 592 g/mol. The molecule has 1 heterocycles. The molecule has 7 heteroatoms. The molecule has 0 saturated carbocycles. The van der Waals surface area contributed by atoms with Crippen LogP contribution in [-0.4, -0.2) is 44.3 Å². The third kappa shape index (κ3) is 14.4. The highest BCUT2D eigenvalue weighted by Gasteiger charge is 2.24. The van der Waals surface area contributed by atoms with Gasteiger partial charge in [-0.05, 0) is 80.0 Å². The van der Waals surface area contributed by atoms with Crippen LogP contribution in [0.3, 0.4) is 0 Å². The Bertz CT molecular complexity index is 1350. The number of carbonyl (C=O) groups excluding carboxylic acids is 2. The summed E-state index contributed by atoms with van der Waals surface area (Å²) < 4.78 is 28.8. The van der Waals surface area contributed by atoms with Gasteiger partial charge in [-0.3, -0.25) is 4.79 Å². The van der Waals surface area contributed by atoms with Crippen molar-refractivity contribution in [3.63, 3.8) is 0 Å². The maximum atomic E-state index is 13.3. The molecule has 7 nitrogen and oxygen atoms in total. The van der Waals surface area contributed by atoms with Gasteiger partial charge in [0.05, 0.1) is 39.6 Å². The van der Waals surface area contributed by atoms with Gasteiger partial charge in [-0.25, -0.2) is 4.79 Å². The Labute approximate surface area is 280 Å². The summed E-state index contributed by atoms with van der Waals surface area (Å²) in [5.74, 6) is 0.869. The molecule has 2 aromatic rings. The molecule has 0 aliphatic carbocycles. The number of allylic oxidation sites excluding steroid dienone is 7. The summed E-state index contributed by atoms with van der Waals surface area (Å²) >= 11 is 0. The fourth-order valence-corrected chi connectivity index (χ4v) is 5.03. The van der Waals surface area contributed by atoms with E-state index in [0.717, 1.165) is 29.0 Å². The molecule has 47 heavy (non-hydrogen) atoms. The molecule has 1 aliphatic heterocycles. The van der Waals surface area contributed by atoms with E-state index in [-0.39, 0.29) is 36.0 Å². The first-order valence-corrected chi connectivity index (χ1v) is 16.5. The number of rotatable bonds is 9. The second-order valence-corrected chi connectivity index (χ2v) is 11.5. The Morgan fingerprint density at radius 2 is 1.26 bits per heavy atom. The van der Waals surface area contributed by atoms with Gasteiger partial charge in [0.25, 0.3) is 0 Å². The van der Waals surface area contributed by atoms with Crippen molar-refractivity contribution in [1.29, 1.82) is 0 Å². The number of benzene rings is 2. The van der Waals surface area contributed by atoms with E-state index in [0.29, 0.717) is 45.3 Å². The van der Waals surface area contributed by atoms with E-state index in [1.165, 1.54) is 6.08 Å². The molecule has 0 N–H and O–H groups in total. The number of hydrogen-bond donors (Lipinski definition) is 0. The largest absolute Gasteiger partial charge is 0.497 e. The minimum absolute atomic E-state index is 0.00200. The number of hydrogen-bond acceptors (Lipinski definition) is 7. The summed E-state index contributed by atoms with van der Waals surface area (Å²) in [5.41, 5.74) is 2.06. The van der Waals surface area contributed by atoms with Crippen molar-refractivity contribution >= 4 is 11.8 Å². The normalized spacial score (nSPS) is 25.3. The first-order chi connectivity index (χ1) is 22.9. The van der Waals surface area contributed by atoms with Gasteiger partial charge in [0.1, 0.15) is 17.6 Å². The lowest BCUT2D eigenvalue weighted by Gasteiger charge is -2.24. The summed E-state index contributed by atoms with van der Waals surface area (Å²) in [7, 11) is 3.28. The molecule has 2 aromatic carbocycles. The number of cyclic esters (lactones) is 1. The monoisotopic (exact) mass is 642 g/mol. The Balaban J connectivity index is 1.72. The van der Waals surface area contributed by atoms with Crippen LogP contribution < -0.4 is 9.47 Å². The minimum Gasteiger partial charge on any atom is -0.497 e. The molecule has 0 saturated heterocycles. The summed E-state index contributed by atoms with van der Waals surface area (Å²) in [6, 6.07) is 15.6. The third-order valence-electron chi connectivity index (χ3n) is 8.03. The first-order valence-electron chi connectivity index (χ1n) is 16.5. The van der Waals surface area contributed by atoms with Gasteiger partial charge in [0, 0.05) is 12.0 Å². The average molecular weight is 643 g/mol. The van der Waals surface area contributed by atoms with Crippen LogP contribution in [0, 0.1) is 5.92 Å². The fraction of sp³-hybridized carbons (Fsp3) is 0.400. The summed E-state index contributed by atoms with van der Waals surface area (Å²) in [5, 5.41) is 0. The SMILES string of the molecule is CC[C@H]1CCC[C@H](OCc2ccc(OC)cc2)[C@@H](C)C(=O)/C=C/C=C/C[C@H](OCc2ccc(OC)cc2)C/C=C/C=C/C=C/C(=O)O1. The van der Waals surface area contributed by atoms with Gasteiger partial charge in [-0.1, -0.05) is 86.7 Å². The van der Waals surface area contributed by atoms with Crippen LogP contribution in [0.5, 0.6) is 11.5 Å². The molecule has 0 fully saturated rings. The molecule has 0 spiro atoms. The first kappa shape index (κ1) is 37.3. The number of esters is 1. The number of ether oxygens (including phenoxy) is 5. The second-order valence-electron chi connectivity index (χ2n) is 11.5. The highest BCUT2D eigenvalue weighted by molar-refractivity contribution is 5.92. The average Bonchev–Trinajstić information content (AvgIpc) is 3.10. The van der Waals surface area contributed by atoms with Crippen molar-refractivity contribution in [3.8, 4) is 11.5 Å². The van der Waals surface area contributed by atoms with Gasteiger partial charge < -0.3 is 23.7 Å². The standard InChI is InChI=1S/C40H50O7/c1-5-34-17-14-19-39(46-30-33-23-27-36(44-4)28-24-33)31(2)38(41)18-12-9-11-16-37(15-10-7-6-8-13-20-40(42)47-34)45-29-32-21-25-35(43-3)26-22-32/h6-13,18,20-28,31,34,37,39H,5,14-17,19,29-30H2,1-4H3/b8-6+,10-7+,11-9+,18-12+,20-13+/t31-,34-,37+,39-/m0/s1. The quantitative estimate of drug-likeness (QED) is 0.254. The molecule has 1 aliphatic rings. The highest BCUT2D eigenvalue weighted by atomic mass is 16.5. The zero-order chi connectivity index (χ0) is 33.7. The molecule has 0 radical (unpaired) electrons. The van der Waals surface area contributed by atoms with Crippen molar-refractivity contribution in [2.45, 2.75) is 83.9 Å². The second kappa shape index (κ2) is 21.6. The zero-order valence-corrected chi connectivity index (χ0v) is 28.2. The molecule has 4 atom stereocenters. The van der Waals surface area contributed by atoms with Crippen LogP contribution in [0.1, 0.15) is 63.5 Å². The van der Waals surface area contributed by atoms with Crippen LogP contribution in [0.2, 0.25) is 0 Å². The van der Waals surface area contributed by atoms with Crippen molar-refractivity contribution in [2.75, 3.05) is 14.2 Å². The number of ketones is 1. The Hall–Kier alpha value is -4.20. The van der Waals surface area contributed by atoms with Crippen LogP contribution in [-0.2, 0) is 37.0 Å². The van der Waals surface area contributed by atoms with Gasteiger partial charge in [0.2, 0.25) is 0 Å². The van der Waals surface area contributed by atoms with E-state index in [4.69, 9.17) is 23.7 Å². The highest BCUT2D eigenvalue weighted by Crippen LogP contribution is 2.22. The van der Waals surface area contributed by atoms with Gasteiger partial charge in [-0.2, -0.15) is 0 Å². The Kier molecular flexibility index (Phi) is 17.1. The number of carbonyl (C=O) groups is 2. The third-order valence-corrected chi connectivity index (χ3v) is 8.03. The van der Waals surface area contributed by atoms with Crippen LogP contribution in [0.15, 0.2) is 109 Å². The Morgan fingerprint density at radius 3 is 1.85 bits per heavy atom. The lowest BCUT2D eigenvalue weighted by atomic mass is 9.94. The van der Waals surface area contributed by atoms with E-state index in [2.05, 4.69) is 0 Å². The molecule has 0 amide bonds. The summed E-state index contributed by atoms with van der Waals surface area (Å²) in [6.07, 6.45) is 21.8. The van der Waals surface area contributed by atoms with Gasteiger partial charge in [-0.15, -0.1) is 0 Å². The number of methoxy groups -OCH3 is 2. The Morgan fingerprint density at radius 1 is 0.702 bits per heavy atom. The summed E-state index contributed by atoms with van der Waals surface area (Å²) in [4.78, 5) is 25.7. The van der Waals surface area contributed by atoms with E-state index in [1.807, 2.05) is 98.8 Å². The van der Waals surface area contributed by atoms with E-state index >= 15 is 0 Å². The van der Waals surface area contributed by atoms with Gasteiger partial charge >= 0.3 is 5.97 Å². The molecule has 0 bridgehead atoms. The topological polar surface area (TPSA) is 80.3 Å². The molecule has 3 rings (SSSR count). The predicted molar refractivity (Wildman–Crippen MR) is 186 cm³/mol. The van der Waals surface area contributed by atoms with Crippen molar-refractivity contribution in [1.82, 2.24) is 0 Å².